The van der Waals surface area contributed by atoms with Crippen LogP contribution in [0.25, 0.3) is 0 Å². The van der Waals surface area contributed by atoms with E-state index in [-0.39, 0.29) is 11.7 Å². The Kier molecular flexibility index (Phi) is 3.11. The summed E-state index contributed by atoms with van der Waals surface area (Å²) in [7, 11) is 0. The summed E-state index contributed by atoms with van der Waals surface area (Å²) >= 11 is 0. The SMILES string of the molecule is Cc1cc(C#N)nc(Oc2ccc(N)cc2C)n1. The number of benzene rings is 1. The Bertz CT molecular complexity index is 631. The molecule has 0 bridgehead atoms. The minimum atomic E-state index is 0.166. The highest BCUT2D eigenvalue weighted by molar-refractivity contribution is 5.47. The van der Waals surface area contributed by atoms with Crippen molar-refractivity contribution in [1.82, 2.24) is 9.97 Å². The predicted molar refractivity (Wildman–Crippen MR) is 67.1 cm³/mol. The van der Waals surface area contributed by atoms with Gasteiger partial charge in [0.1, 0.15) is 17.5 Å². The molecule has 0 saturated heterocycles. The molecule has 0 fully saturated rings. The second-order valence-electron chi connectivity index (χ2n) is 3.92. The van der Waals surface area contributed by atoms with Crippen molar-refractivity contribution < 1.29 is 4.74 Å². The second-order valence-corrected chi connectivity index (χ2v) is 3.92. The van der Waals surface area contributed by atoms with E-state index in [0.29, 0.717) is 17.1 Å². The first-order valence-electron chi connectivity index (χ1n) is 5.38. The summed E-state index contributed by atoms with van der Waals surface area (Å²) in [6, 6.07) is 9.03. The van der Waals surface area contributed by atoms with Gasteiger partial charge in [0.05, 0.1) is 0 Å². The molecule has 5 nitrogen and oxygen atoms in total. The van der Waals surface area contributed by atoms with Gasteiger partial charge in [0.15, 0.2) is 0 Å². The van der Waals surface area contributed by atoms with Crippen LogP contribution in [0, 0.1) is 25.2 Å². The normalized spacial score (nSPS) is 9.83. The van der Waals surface area contributed by atoms with E-state index < -0.39 is 0 Å². The van der Waals surface area contributed by atoms with E-state index in [1.807, 2.05) is 13.0 Å². The summed E-state index contributed by atoms with van der Waals surface area (Å²) in [5.74, 6) is 0.624. The molecule has 0 aliphatic heterocycles. The molecule has 0 amide bonds. The summed E-state index contributed by atoms with van der Waals surface area (Å²) in [5.41, 5.74) is 8.19. The summed E-state index contributed by atoms with van der Waals surface area (Å²) in [5, 5.41) is 8.83. The lowest BCUT2D eigenvalue weighted by molar-refractivity contribution is 0.436. The Hall–Kier alpha value is -2.61. The molecule has 0 radical (unpaired) electrons. The highest BCUT2D eigenvalue weighted by Gasteiger charge is 2.06. The van der Waals surface area contributed by atoms with Crippen molar-refractivity contribution in [2.24, 2.45) is 0 Å². The van der Waals surface area contributed by atoms with Crippen molar-refractivity contribution in [2.75, 3.05) is 5.73 Å². The standard InChI is InChI=1S/C13H12N4O/c1-8-5-10(15)3-4-12(8)18-13-16-9(2)6-11(7-14)17-13/h3-6H,15H2,1-2H3. The lowest BCUT2D eigenvalue weighted by Gasteiger charge is -2.08. The third-order valence-electron chi connectivity index (χ3n) is 2.35. The van der Waals surface area contributed by atoms with Gasteiger partial charge in [-0.25, -0.2) is 4.98 Å². The van der Waals surface area contributed by atoms with E-state index in [0.717, 1.165) is 5.56 Å². The Morgan fingerprint density at radius 1 is 1.22 bits per heavy atom. The van der Waals surface area contributed by atoms with Crippen LogP contribution in [0.15, 0.2) is 24.3 Å². The molecule has 0 unspecified atom stereocenters. The number of nitrogens with zero attached hydrogens (tertiary/aromatic N) is 3. The average Bonchev–Trinajstić information content (AvgIpc) is 2.32. The largest absolute Gasteiger partial charge is 0.424 e. The smallest absolute Gasteiger partial charge is 0.323 e. The molecule has 2 aromatic rings. The lowest BCUT2D eigenvalue weighted by Crippen LogP contribution is -1.98. The summed E-state index contributed by atoms with van der Waals surface area (Å²) in [6.45, 7) is 3.66. The predicted octanol–water partition coefficient (Wildman–Crippen LogP) is 2.34. The second kappa shape index (κ2) is 4.72. The van der Waals surface area contributed by atoms with Crippen molar-refractivity contribution in [3.8, 4) is 17.8 Å². The van der Waals surface area contributed by atoms with Crippen molar-refractivity contribution in [1.29, 1.82) is 5.26 Å². The molecule has 5 heteroatoms. The van der Waals surface area contributed by atoms with Gasteiger partial charge in [0.25, 0.3) is 0 Å². The van der Waals surface area contributed by atoms with Crippen molar-refractivity contribution in [3.63, 3.8) is 0 Å². The number of hydrogen-bond donors (Lipinski definition) is 1. The molecule has 1 aromatic heterocycles. The Balaban J connectivity index is 2.34. The lowest BCUT2D eigenvalue weighted by atomic mass is 10.2. The first kappa shape index (κ1) is 11.9. The molecule has 0 aliphatic rings. The van der Waals surface area contributed by atoms with Crippen LogP contribution in [0.3, 0.4) is 0 Å². The van der Waals surface area contributed by atoms with E-state index in [1.54, 1.807) is 31.2 Å². The van der Waals surface area contributed by atoms with E-state index in [9.17, 15) is 0 Å². The van der Waals surface area contributed by atoms with Crippen LogP contribution in [0.2, 0.25) is 0 Å². The number of nitrogen functional groups attached to an aromatic ring is 1. The fourth-order valence-electron chi connectivity index (χ4n) is 1.53. The third kappa shape index (κ3) is 2.55. The fraction of sp³-hybridized carbons (Fsp3) is 0.154. The highest BCUT2D eigenvalue weighted by atomic mass is 16.5. The minimum Gasteiger partial charge on any atom is -0.424 e. The van der Waals surface area contributed by atoms with E-state index in [4.69, 9.17) is 15.7 Å². The first-order chi connectivity index (χ1) is 8.58. The molecule has 0 saturated carbocycles. The van der Waals surface area contributed by atoms with Gasteiger partial charge in [-0.1, -0.05) is 0 Å². The van der Waals surface area contributed by atoms with Crippen LogP contribution in [0.1, 0.15) is 17.0 Å². The van der Waals surface area contributed by atoms with Gasteiger partial charge in [-0.2, -0.15) is 10.2 Å². The van der Waals surface area contributed by atoms with Gasteiger partial charge < -0.3 is 10.5 Å². The van der Waals surface area contributed by atoms with Crippen molar-refractivity contribution >= 4 is 5.69 Å². The van der Waals surface area contributed by atoms with Gasteiger partial charge in [-0.3, -0.25) is 0 Å². The van der Waals surface area contributed by atoms with E-state index >= 15 is 0 Å². The van der Waals surface area contributed by atoms with Crippen LogP contribution in [0.4, 0.5) is 5.69 Å². The number of nitriles is 1. The molecular formula is C13H12N4O. The Morgan fingerprint density at radius 2 is 2.00 bits per heavy atom. The molecule has 0 aliphatic carbocycles. The Morgan fingerprint density at radius 3 is 2.67 bits per heavy atom. The first-order valence-corrected chi connectivity index (χ1v) is 5.38. The van der Waals surface area contributed by atoms with Gasteiger partial charge in [0.2, 0.25) is 0 Å². The minimum absolute atomic E-state index is 0.166. The molecule has 18 heavy (non-hydrogen) atoms. The molecule has 2 rings (SSSR count). The number of hydrogen-bond acceptors (Lipinski definition) is 5. The molecular weight excluding hydrogens is 228 g/mol. The van der Waals surface area contributed by atoms with Gasteiger partial charge in [0, 0.05) is 11.4 Å². The molecule has 0 atom stereocenters. The zero-order valence-corrected chi connectivity index (χ0v) is 10.1. The van der Waals surface area contributed by atoms with Crippen LogP contribution >= 0.6 is 0 Å². The van der Waals surface area contributed by atoms with Crippen LogP contribution in [-0.4, -0.2) is 9.97 Å². The molecule has 90 valence electrons. The highest BCUT2D eigenvalue weighted by Crippen LogP contribution is 2.24. The molecule has 1 heterocycles. The number of ether oxygens (including phenoxy) is 1. The maximum absolute atomic E-state index is 8.83. The molecule has 2 N–H and O–H groups in total. The third-order valence-corrected chi connectivity index (χ3v) is 2.35. The van der Waals surface area contributed by atoms with E-state index in [1.165, 1.54) is 0 Å². The number of nitrogens with two attached hydrogens (primary N) is 1. The number of rotatable bonds is 2. The van der Waals surface area contributed by atoms with E-state index in [2.05, 4.69) is 9.97 Å². The van der Waals surface area contributed by atoms with Crippen LogP contribution < -0.4 is 10.5 Å². The number of aryl methyl sites for hydroxylation is 2. The van der Waals surface area contributed by atoms with Crippen molar-refractivity contribution in [3.05, 3.63) is 41.2 Å². The summed E-state index contributed by atoms with van der Waals surface area (Å²) in [6.07, 6.45) is 0. The number of aromatic nitrogens is 2. The average molecular weight is 240 g/mol. The van der Waals surface area contributed by atoms with Gasteiger partial charge in [-0.15, -0.1) is 0 Å². The van der Waals surface area contributed by atoms with Gasteiger partial charge in [-0.05, 0) is 43.7 Å². The molecule has 1 aromatic carbocycles. The monoisotopic (exact) mass is 240 g/mol. The maximum atomic E-state index is 8.83. The quantitative estimate of drug-likeness (QED) is 0.814. The fourth-order valence-corrected chi connectivity index (χ4v) is 1.53. The zero-order valence-electron chi connectivity index (χ0n) is 10.1. The summed E-state index contributed by atoms with van der Waals surface area (Å²) in [4.78, 5) is 8.11. The van der Waals surface area contributed by atoms with Gasteiger partial charge >= 0.3 is 6.01 Å². The topological polar surface area (TPSA) is 84.8 Å². The zero-order chi connectivity index (χ0) is 13.1. The maximum Gasteiger partial charge on any atom is 0.323 e. The van der Waals surface area contributed by atoms with Crippen molar-refractivity contribution in [2.45, 2.75) is 13.8 Å². The van der Waals surface area contributed by atoms with Crippen LogP contribution in [-0.2, 0) is 0 Å². The number of anilines is 1. The Labute approximate surface area is 105 Å². The summed E-state index contributed by atoms with van der Waals surface area (Å²) < 4.78 is 5.56. The molecule has 0 spiro atoms. The van der Waals surface area contributed by atoms with Crippen LogP contribution in [0.5, 0.6) is 11.8 Å².